The molecule has 0 fully saturated rings. The molecule has 66 heavy (non-hydrogen) atoms. The molecule has 3 aromatic carbocycles. The molecule has 1 aliphatic heterocycles. The quantitative estimate of drug-likeness (QED) is 0.0516. The number of ketones is 2. The Morgan fingerprint density at radius 1 is 0.773 bits per heavy atom. The number of nitrogens with two attached hydrogens (primary N) is 1. The van der Waals surface area contributed by atoms with Gasteiger partial charge < -0.3 is 5.84 Å². The van der Waals surface area contributed by atoms with E-state index in [4.69, 9.17) is 92.8 Å². The number of benzene rings is 3. The van der Waals surface area contributed by atoms with Crippen LogP contribution in [0.5, 0.6) is 0 Å². The van der Waals surface area contributed by atoms with Crippen LogP contribution in [-0.2, 0) is 25.7 Å². The maximum atomic E-state index is 11.5. The number of Topliss-reactive ketones (excluding diaryl/α,β-unsaturated/α-hetero) is 2. The molecule has 3 aliphatic rings. The molecule has 5 heterocycles. The molecule has 2 unspecified atom stereocenters. The summed E-state index contributed by atoms with van der Waals surface area (Å²) in [4.78, 5) is 22.4. The molecule has 0 radical (unpaired) electrons. The second-order valence-electron chi connectivity index (χ2n) is 15.0. The number of thioether (sulfide) groups is 1. The third kappa shape index (κ3) is 11.1. The highest BCUT2D eigenvalue weighted by molar-refractivity contribution is 9.10. The minimum absolute atomic E-state index is 0.00133. The van der Waals surface area contributed by atoms with Gasteiger partial charge in [-0.2, -0.15) is 25.1 Å². The van der Waals surface area contributed by atoms with Gasteiger partial charge in [-0.3, -0.25) is 19.8 Å². The number of carbonyl (C=O) groups excluding carboxylic acids is 2. The van der Waals surface area contributed by atoms with Crippen molar-refractivity contribution in [3.63, 3.8) is 0 Å². The van der Waals surface area contributed by atoms with Gasteiger partial charge in [0.15, 0.2) is 11.6 Å². The van der Waals surface area contributed by atoms with Crippen molar-refractivity contribution in [3.05, 3.63) is 129 Å². The molecule has 14 nitrogen and oxygen atoms in total. The Morgan fingerprint density at radius 3 is 1.85 bits per heavy atom. The fourth-order valence-corrected chi connectivity index (χ4v) is 9.38. The lowest BCUT2D eigenvalue weighted by Gasteiger charge is -2.20. The standard InChI is InChI=1S/C17H14Cl2N6S.C9H7BrCl2O.C9H8Cl2O.C8H10N6S/c1-8-14(9-5-6-11(18)12(19)7-9)24-25-16(22-23-17(25)26-8)15-10-3-2-4-13(10)20-21-15;1-5(10)9(13)6-2-3-7(11)8(12)4-6;1-2-9(12)6-3-4-7(10)8(11)5-6;9-14-7(12-13-8(14)15)6-4-2-1-3-5(4)10-11-6/h5-8H,2-4H2,1H3,(H,20,21);2-5H,1H3;3-5H,2H2,1H3;1-3,9H2,(H,10,11)(H,13,15). The SMILES string of the molecule is CC(Br)C(=O)c1ccc(Cl)c(Cl)c1.CC1Sc2nnc(-c3n[nH]c4c3CCC4)n2N=C1c1ccc(Cl)c(Cl)c1.CCC(=O)c1ccc(Cl)c(Cl)c1.Nn1c(-c2n[nH]c3c2CCC3)n[nH]c1=S. The number of carbonyl (C=O) groups is 2. The van der Waals surface area contributed by atoms with E-state index in [-0.39, 0.29) is 21.6 Å². The Kier molecular flexibility index (Phi) is 16.6. The number of rotatable bonds is 7. The predicted octanol–water partition coefficient (Wildman–Crippen LogP) is 12.3. The minimum atomic E-state index is -0.204. The van der Waals surface area contributed by atoms with Gasteiger partial charge in [0.05, 0.1) is 45.9 Å². The van der Waals surface area contributed by atoms with Crippen LogP contribution in [-0.4, -0.2) is 77.5 Å². The molecule has 23 heteroatoms. The van der Waals surface area contributed by atoms with Crippen LogP contribution in [0.3, 0.4) is 0 Å². The molecular formula is C43H39BrCl6N12O2S2. The number of aryl methyl sites for hydroxylation is 2. The third-order valence-corrected chi connectivity index (χ3v) is 14.5. The molecule has 4 aromatic heterocycles. The van der Waals surface area contributed by atoms with Gasteiger partial charge in [-0.05, 0) is 113 Å². The highest BCUT2D eigenvalue weighted by Gasteiger charge is 2.30. The minimum Gasteiger partial charge on any atom is -0.335 e. The lowest BCUT2D eigenvalue weighted by atomic mass is 10.1. The van der Waals surface area contributed by atoms with Crippen LogP contribution in [0.15, 0.2) is 64.9 Å². The maximum Gasteiger partial charge on any atom is 0.214 e. The van der Waals surface area contributed by atoms with Crippen molar-refractivity contribution in [1.29, 1.82) is 0 Å². The van der Waals surface area contributed by atoms with E-state index in [9.17, 15) is 9.59 Å². The van der Waals surface area contributed by atoms with Gasteiger partial charge in [-0.25, -0.2) is 9.77 Å². The van der Waals surface area contributed by atoms with Gasteiger partial charge in [-0.15, -0.1) is 10.2 Å². The summed E-state index contributed by atoms with van der Waals surface area (Å²) in [5.41, 5.74) is 9.55. The van der Waals surface area contributed by atoms with Crippen LogP contribution in [0.4, 0.5) is 0 Å². The zero-order chi connectivity index (χ0) is 47.4. The number of H-pyrrole nitrogens is 3. The molecule has 0 amide bonds. The molecule has 344 valence electrons. The molecule has 0 bridgehead atoms. The summed E-state index contributed by atoms with van der Waals surface area (Å²) < 4.78 is 3.54. The fraction of sp³-hybridized carbons (Fsp3) is 0.279. The van der Waals surface area contributed by atoms with Crippen molar-refractivity contribution in [2.75, 3.05) is 5.84 Å². The van der Waals surface area contributed by atoms with Crippen LogP contribution in [0.2, 0.25) is 30.1 Å². The summed E-state index contributed by atoms with van der Waals surface area (Å²) >= 11 is 44.9. The van der Waals surface area contributed by atoms with Gasteiger partial charge in [0.1, 0.15) is 11.4 Å². The fourth-order valence-electron chi connectivity index (χ4n) is 7.16. The summed E-state index contributed by atoms with van der Waals surface area (Å²) in [6.45, 7) is 5.67. The monoisotopic (exact) mass is 1110 g/mol. The van der Waals surface area contributed by atoms with Crippen molar-refractivity contribution >= 4 is 127 Å². The number of nitrogens with one attached hydrogen (secondary N) is 3. The summed E-state index contributed by atoms with van der Waals surface area (Å²) in [5, 5.41) is 38.8. The first-order valence-electron chi connectivity index (χ1n) is 20.4. The number of halogens is 7. The number of fused-ring (bicyclic) bond motifs is 3. The lowest BCUT2D eigenvalue weighted by molar-refractivity contribution is 0.0983. The van der Waals surface area contributed by atoms with Crippen molar-refractivity contribution in [2.45, 2.75) is 81.0 Å². The van der Waals surface area contributed by atoms with Crippen LogP contribution >= 0.6 is 110 Å². The number of aromatic nitrogens is 10. The number of alkyl halides is 1. The summed E-state index contributed by atoms with van der Waals surface area (Å²) in [5.74, 6) is 7.10. The van der Waals surface area contributed by atoms with Crippen molar-refractivity contribution in [1.82, 2.24) is 50.1 Å². The smallest absolute Gasteiger partial charge is 0.214 e. The molecule has 2 atom stereocenters. The van der Waals surface area contributed by atoms with E-state index in [1.165, 1.54) is 27.2 Å². The molecule has 10 rings (SSSR count). The van der Waals surface area contributed by atoms with E-state index < -0.39 is 0 Å². The Labute approximate surface area is 426 Å². The van der Waals surface area contributed by atoms with Crippen LogP contribution in [0, 0.1) is 4.77 Å². The van der Waals surface area contributed by atoms with Crippen molar-refractivity contribution in [3.8, 4) is 23.0 Å². The first-order valence-corrected chi connectivity index (χ1v) is 24.9. The highest BCUT2D eigenvalue weighted by Crippen LogP contribution is 2.36. The third-order valence-electron chi connectivity index (χ3n) is 10.6. The average Bonchev–Trinajstić information content (AvgIpc) is 4.17. The Bertz CT molecular complexity index is 3030. The number of nitrogens with zero attached hydrogens (tertiary/aromatic N) is 8. The first kappa shape index (κ1) is 49.9. The number of hydrogen-bond acceptors (Lipinski definition) is 11. The zero-order valence-corrected chi connectivity index (χ0v) is 43.0. The van der Waals surface area contributed by atoms with E-state index >= 15 is 0 Å². The molecule has 7 aromatic rings. The first-order chi connectivity index (χ1) is 31.6. The van der Waals surface area contributed by atoms with Crippen molar-refractivity contribution in [2.24, 2.45) is 5.10 Å². The molecule has 5 N–H and O–H groups in total. The topological polar surface area (TPSA) is 194 Å². The second-order valence-corrected chi connectivity index (χ2v) is 20.5. The lowest BCUT2D eigenvalue weighted by Crippen LogP contribution is -2.21. The van der Waals surface area contributed by atoms with E-state index in [1.54, 1.807) is 65.8 Å². The highest BCUT2D eigenvalue weighted by atomic mass is 79.9. The average molecular weight is 1110 g/mol. The van der Waals surface area contributed by atoms with E-state index in [1.807, 2.05) is 19.1 Å². The van der Waals surface area contributed by atoms with Gasteiger partial charge in [0.25, 0.3) is 0 Å². The number of aromatic amines is 3. The Balaban J connectivity index is 0.000000140. The van der Waals surface area contributed by atoms with E-state index in [2.05, 4.69) is 63.6 Å². The van der Waals surface area contributed by atoms with Crippen LogP contribution in [0.1, 0.15) is 88.8 Å². The second kappa shape index (κ2) is 21.9. The van der Waals surface area contributed by atoms with Gasteiger partial charge in [0, 0.05) is 45.6 Å². The molecule has 0 saturated heterocycles. The predicted molar refractivity (Wildman–Crippen MR) is 271 cm³/mol. The summed E-state index contributed by atoms with van der Waals surface area (Å²) in [6.07, 6.45) is 6.91. The van der Waals surface area contributed by atoms with E-state index in [0.717, 1.165) is 66.3 Å². The molecule has 0 spiro atoms. The van der Waals surface area contributed by atoms with E-state index in [0.29, 0.717) is 64.1 Å². The molecule has 2 aliphatic carbocycles. The zero-order valence-electron chi connectivity index (χ0n) is 35.2. The summed E-state index contributed by atoms with van der Waals surface area (Å²) in [7, 11) is 0. The summed E-state index contributed by atoms with van der Waals surface area (Å²) in [6, 6.07) is 15.3. The van der Waals surface area contributed by atoms with Crippen LogP contribution in [0.25, 0.3) is 23.0 Å². The van der Waals surface area contributed by atoms with Gasteiger partial charge in [-0.1, -0.05) is 110 Å². The largest absolute Gasteiger partial charge is 0.335 e. The normalized spacial score (nSPS) is 14.9. The maximum absolute atomic E-state index is 11.5. The van der Waals surface area contributed by atoms with Crippen LogP contribution < -0.4 is 5.84 Å². The van der Waals surface area contributed by atoms with Gasteiger partial charge >= 0.3 is 0 Å². The van der Waals surface area contributed by atoms with Gasteiger partial charge in [0.2, 0.25) is 21.6 Å². The molecular weight excluding hydrogens is 1070 g/mol. The molecule has 0 saturated carbocycles. The Morgan fingerprint density at radius 2 is 1.32 bits per heavy atom. The van der Waals surface area contributed by atoms with Crippen molar-refractivity contribution < 1.29 is 9.59 Å². The number of hydrogen-bond donors (Lipinski definition) is 4. The number of nitrogen functional groups attached to an aromatic ring is 1. The Hall–Kier alpha value is -4.04.